The van der Waals surface area contributed by atoms with Gasteiger partial charge >= 0.3 is 6.03 Å². The molecule has 0 bridgehead atoms. The third-order valence-corrected chi connectivity index (χ3v) is 8.58. The average Bonchev–Trinajstić information content (AvgIpc) is 3.29. The summed E-state index contributed by atoms with van der Waals surface area (Å²) < 4.78 is 6.10. The van der Waals surface area contributed by atoms with Gasteiger partial charge in [-0.1, -0.05) is 24.6 Å². The summed E-state index contributed by atoms with van der Waals surface area (Å²) in [4.78, 5) is 23.7. The van der Waals surface area contributed by atoms with Gasteiger partial charge in [-0.2, -0.15) is 0 Å². The molecule has 0 aliphatic carbocycles. The van der Waals surface area contributed by atoms with Crippen LogP contribution in [0.15, 0.2) is 30.3 Å². The van der Waals surface area contributed by atoms with Crippen molar-refractivity contribution in [2.45, 2.75) is 45.6 Å². The Morgan fingerprint density at radius 1 is 0.971 bits per heavy atom. The zero-order valence-electron chi connectivity index (χ0n) is 20.5. The van der Waals surface area contributed by atoms with Gasteiger partial charge in [0.1, 0.15) is 0 Å². The van der Waals surface area contributed by atoms with Crippen LogP contribution in [0.25, 0.3) is 0 Å². The minimum Gasteiger partial charge on any atom is -0.484 e. The molecule has 0 radical (unpaired) electrons. The molecule has 2 aromatic rings. The Morgan fingerprint density at radius 3 is 2.56 bits per heavy atom. The van der Waals surface area contributed by atoms with Crippen LogP contribution in [0.2, 0.25) is 0 Å². The van der Waals surface area contributed by atoms with Crippen LogP contribution >= 0.6 is 11.3 Å². The molecule has 3 aliphatic rings. The summed E-state index contributed by atoms with van der Waals surface area (Å²) >= 11 is 1.78. The fourth-order valence-corrected chi connectivity index (χ4v) is 6.48. The van der Waals surface area contributed by atoms with E-state index < -0.39 is 0 Å². The van der Waals surface area contributed by atoms with Gasteiger partial charge < -0.3 is 24.3 Å². The highest BCUT2D eigenvalue weighted by Gasteiger charge is 2.29. The first-order valence-electron chi connectivity index (χ1n) is 13.0. The monoisotopic (exact) mass is 482 g/mol. The van der Waals surface area contributed by atoms with Crippen LogP contribution < -0.4 is 9.64 Å². The van der Waals surface area contributed by atoms with E-state index in [9.17, 15) is 4.79 Å². The van der Waals surface area contributed by atoms with Crippen molar-refractivity contribution in [2.75, 3.05) is 63.9 Å². The van der Waals surface area contributed by atoms with Crippen molar-refractivity contribution < 1.29 is 9.53 Å². The highest BCUT2D eigenvalue weighted by molar-refractivity contribution is 7.14. The lowest BCUT2D eigenvalue weighted by Crippen LogP contribution is -2.53. The molecule has 2 saturated heterocycles. The number of anilines is 1. The Balaban J connectivity index is 1.08. The standard InChI is InChI=1S/C27H38N4O2S/c1-22-8-3-4-9-24(22)29-15-17-30(18-16-29)27(32)31-14-10-25-23(21-31)20-26(34-25)33-19-7-13-28-11-5-2-6-12-28/h3-4,8-9,20H,2,5-7,10-19,21H2,1H3. The summed E-state index contributed by atoms with van der Waals surface area (Å²) in [5.41, 5.74) is 3.86. The number of carbonyl (C=O) groups excluding carboxylic acids is 1. The van der Waals surface area contributed by atoms with E-state index in [-0.39, 0.29) is 6.03 Å². The van der Waals surface area contributed by atoms with Crippen molar-refractivity contribution >= 4 is 23.1 Å². The molecule has 1 aromatic carbocycles. The molecule has 0 unspecified atom stereocenters. The third-order valence-electron chi connectivity index (χ3n) is 7.43. The number of benzene rings is 1. The molecule has 5 rings (SSSR count). The van der Waals surface area contributed by atoms with Gasteiger partial charge in [-0.05, 0) is 69.0 Å². The van der Waals surface area contributed by atoms with Crippen molar-refractivity contribution in [3.63, 3.8) is 0 Å². The van der Waals surface area contributed by atoms with Crippen LogP contribution in [0.3, 0.4) is 0 Å². The van der Waals surface area contributed by atoms with Crippen LogP contribution in [-0.2, 0) is 13.0 Å². The highest BCUT2D eigenvalue weighted by Crippen LogP contribution is 2.34. The number of piperazine rings is 1. The van der Waals surface area contributed by atoms with Gasteiger partial charge in [0.15, 0.2) is 5.06 Å². The number of rotatable bonds is 6. The van der Waals surface area contributed by atoms with E-state index in [0.717, 1.165) is 63.8 Å². The number of thiophene rings is 1. The third kappa shape index (κ3) is 5.52. The number of piperidine rings is 1. The quantitative estimate of drug-likeness (QED) is 0.564. The van der Waals surface area contributed by atoms with E-state index in [2.05, 4.69) is 47.1 Å². The molecule has 0 spiro atoms. The van der Waals surface area contributed by atoms with Gasteiger partial charge in [0, 0.05) is 56.4 Å². The molecule has 1 aromatic heterocycles. The lowest BCUT2D eigenvalue weighted by molar-refractivity contribution is 0.145. The first-order valence-corrected chi connectivity index (χ1v) is 13.8. The normalized spacial score (nSPS) is 19.3. The maximum absolute atomic E-state index is 13.2. The number of likely N-dealkylation sites (tertiary alicyclic amines) is 1. The number of hydrogen-bond acceptors (Lipinski definition) is 5. The molecule has 4 heterocycles. The average molecular weight is 483 g/mol. The number of nitrogens with zero attached hydrogens (tertiary/aromatic N) is 4. The molecular formula is C27H38N4O2S. The second-order valence-electron chi connectivity index (χ2n) is 9.83. The Labute approximate surface area is 208 Å². The lowest BCUT2D eigenvalue weighted by Gasteiger charge is -2.39. The summed E-state index contributed by atoms with van der Waals surface area (Å²) in [6, 6.07) is 10.9. The van der Waals surface area contributed by atoms with Crippen molar-refractivity contribution in [2.24, 2.45) is 0 Å². The fraction of sp³-hybridized carbons (Fsp3) is 0.593. The minimum absolute atomic E-state index is 0.185. The van der Waals surface area contributed by atoms with Crippen LogP contribution in [-0.4, -0.2) is 79.7 Å². The van der Waals surface area contributed by atoms with Crippen LogP contribution in [0, 0.1) is 6.92 Å². The molecule has 34 heavy (non-hydrogen) atoms. The highest BCUT2D eigenvalue weighted by atomic mass is 32.1. The maximum atomic E-state index is 13.2. The van der Waals surface area contributed by atoms with Gasteiger partial charge in [0.05, 0.1) is 6.61 Å². The van der Waals surface area contributed by atoms with Gasteiger partial charge in [0.25, 0.3) is 0 Å². The molecule has 0 saturated carbocycles. The summed E-state index contributed by atoms with van der Waals surface area (Å²) in [6.45, 7) is 11.4. The smallest absolute Gasteiger partial charge is 0.320 e. The molecule has 184 valence electrons. The number of ether oxygens (including phenoxy) is 1. The van der Waals surface area contributed by atoms with Crippen LogP contribution in [0.4, 0.5) is 10.5 Å². The van der Waals surface area contributed by atoms with Crippen molar-refractivity contribution in [3.05, 3.63) is 46.3 Å². The summed E-state index contributed by atoms with van der Waals surface area (Å²) in [7, 11) is 0. The molecule has 0 atom stereocenters. The van der Waals surface area contributed by atoms with Gasteiger partial charge in [0.2, 0.25) is 0 Å². The zero-order chi connectivity index (χ0) is 23.3. The lowest BCUT2D eigenvalue weighted by atomic mass is 10.1. The van der Waals surface area contributed by atoms with Crippen molar-refractivity contribution in [1.82, 2.24) is 14.7 Å². The maximum Gasteiger partial charge on any atom is 0.320 e. The Kier molecular flexibility index (Phi) is 7.60. The number of carbonyl (C=O) groups is 1. The summed E-state index contributed by atoms with van der Waals surface area (Å²) in [6.07, 6.45) is 6.09. The van der Waals surface area contributed by atoms with Gasteiger partial charge in [-0.3, -0.25) is 0 Å². The fourth-order valence-electron chi connectivity index (χ4n) is 5.44. The summed E-state index contributed by atoms with van der Waals surface area (Å²) in [5, 5.41) is 1.02. The molecule has 6 nitrogen and oxygen atoms in total. The Bertz CT molecular complexity index is 963. The molecule has 0 N–H and O–H groups in total. The van der Waals surface area contributed by atoms with E-state index in [1.165, 1.54) is 54.0 Å². The predicted molar refractivity (Wildman–Crippen MR) is 139 cm³/mol. The molecule has 2 amide bonds. The largest absolute Gasteiger partial charge is 0.484 e. The predicted octanol–water partition coefficient (Wildman–Crippen LogP) is 4.61. The number of aryl methyl sites for hydroxylation is 1. The van der Waals surface area contributed by atoms with E-state index in [4.69, 9.17) is 4.74 Å². The molecule has 7 heteroatoms. The van der Waals surface area contributed by atoms with E-state index in [1.807, 2.05) is 9.80 Å². The number of para-hydroxylation sites is 1. The van der Waals surface area contributed by atoms with Gasteiger partial charge in [-0.15, -0.1) is 11.3 Å². The number of fused-ring (bicyclic) bond motifs is 1. The molecular weight excluding hydrogens is 444 g/mol. The number of hydrogen-bond donors (Lipinski definition) is 0. The van der Waals surface area contributed by atoms with Gasteiger partial charge in [-0.25, -0.2) is 4.79 Å². The zero-order valence-corrected chi connectivity index (χ0v) is 21.3. The minimum atomic E-state index is 0.185. The Hall–Kier alpha value is -2.25. The van der Waals surface area contributed by atoms with Crippen molar-refractivity contribution in [1.29, 1.82) is 0 Å². The second-order valence-corrected chi connectivity index (χ2v) is 10.9. The second kappa shape index (κ2) is 11.0. The van der Waals surface area contributed by atoms with E-state index in [1.54, 1.807) is 11.3 Å². The van der Waals surface area contributed by atoms with E-state index >= 15 is 0 Å². The number of urea groups is 1. The van der Waals surface area contributed by atoms with Crippen molar-refractivity contribution in [3.8, 4) is 5.06 Å². The van der Waals surface area contributed by atoms with Crippen LogP contribution in [0.1, 0.15) is 41.7 Å². The topological polar surface area (TPSA) is 39.3 Å². The molecule has 2 fully saturated rings. The number of amides is 2. The first-order chi connectivity index (χ1) is 16.7. The van der Waals surface area contributed by atoms with Crippen LogP contribution in [0.5, 0.6) is 5.06 Å². The summed E-state index contributed by atoms with van der Waals surface area (Å²) in [5.74, 6) is 0. The molecule has 3 aliphatic heterocycles. The van der Waals surface area contributed by atoms with E-state index in [0.29, 0.717) is 6.54 Å². The SMILES string of the molecule is Cc1ccccc1N1CCN(C(=O)N2CCc3sc(OCCCN4CCCCC4)cc3C2)CC1. The Morgan fingerprint density at radius 2 is 1.76 bits per heavy atom. The first kappa shape index (κ1) is 23.5.